The summed E-state index contributed by atoms with van der Waals surface area (Å²) in [6.45, 7) is 0. The zero-order chi connectivity index (χ0) is 15.7. The third kappa shape index (κ3) is 3.20. The molecule has 0 saturated carbocycles. The first-order chi connectivity index (χ1) is 9.73. The van der Waals surface area contributed by atoms with Gasteiger partial charge in [0.15, 0.2) is 0 Å². The van der Waals surface area contributed by atoms with Gasteiger partial charge in [0.05, 0.1) is 0 Å². The molecule has 0 aliphatic carbocycles. The van der Waals surface area contributed by atoms with Crippen LogP contribution in [0.4, 0.5) is 5.69 Å². The largest absolute Gasteiger partial charge is 0.323 e. The molecule has 114 valence electrons. The van der Waals surface area contributed by atoms with Crippen molar-refractivity contribution in [3.63, 3.8) is 0 Å². The van der Waals surface area contributed by atoms with E-state index >= 15 is 0 Å². The van der Waals surface area contributed by atoms with E-state index in [2.05, 4.69) is 14.8 Å². The van der Waals surface area contributed by atoms with Crippen molar-refractivity contribution in [1.29, 1.82) is 0 Å². The van der Waals surface area contributed by atoms with Gasteiger partial charge < -0.3 is 0 Å². The van der Waals surface area contributed by atoms with Gasteiger partial charge in [-0.3, -0.25) is 4.72 Å². The number of para-hydroxylation sites is 1. The van der Waals surface area contributed by atoms with Crippen LogP contribution in [-0.2, 0) is 20.2 Å². The quantitative estimate of drug-likeness (QED) is 0.807. The average molecular weight is 331 g/mol. The monoisotopic (exact) mass is 331 g/mol. The van der Waals surface area contributed by atoms with E-state index in [0.29, 0.717) is 9.77 Å². The van der Waals surface area contributed by atoms with E-state index in [4.69, 9.17) is 0 Å². The number of sulfonamides is 1. The summed E-state index contributed by atoms with van der Waals surface area (Å²) >= 11 is 0. The van der Waals surface area contributed by atoms with Gasteiger partial charge in [0.25, 0.3) is 15.2 Å². The summed E-state index contributed by atoms with van der Waals surface area (Å²) in [5.74, 6) is 0. The number of nitrogens with zero attached hydrogens (tertiary/aromatic N) is 4. The molecule has 0 aliphatic rings. The Labute approximate surface area is 122 Å². The van der Waals surface area contributed by atoms with Crippen molar-refractivity contribution in [2.45, 2.75) is 5.16 Å². The van der Waals surface area contributed by atoms with Gasteiger partial charge >= 0.3 is 10.2 Å². The average Bonchev–Trinajstić information content (AvgIpc) is 2.90. The zero-order valence-corrected chi connectivity index (χ0v) is 12.8. The third-order valence-corrected chi connectivity index (χ3v) is 5.16. The Hall–Kier alpha value is -1.98. The highest BCUT2D eigenvalue weighted by molar-refractivity contribution is 7.92. The summed E-state index contributed by atoms with van der Waals surface area (Å²) in [4.78, 5) is 3.53. The van der Waals surface area contributed by atoms with Crippen molar-refractivity contribution in [1.82, 2.24) is 18.5 Å². The van der Waals surface area contributed by atoms with Gasteiger partial charge in [-0.25, -0.2) is 4.98 Å². The minimum absolute atomic E-state index is 0.323. The summed E-state index contributed by atoms with van der Waals surface area (Å²) in [5.41, 5.74) is 0.323. The molecule has 2 rings (SSSR count). The van der Waals surface area contributed by atoms with E-state index < -0.39 is 25.4 Å². The molecule has 0 atom stereocenters. The second kappa shape index (κ2) is 5.42. The first-order valence-electron chi connectivity index (χ1n) is 5.66. The lowest BCUT2D eigenvalue weighted by atomic mass is 10.3. The molecule has 0 bridgehead atoms. The number of benzene rings is 1. The highest BCUT2D eigenvalue weighted by Crippen LogP contribution is 2.12. The standard InChI is InChI=1S/C10H13N5O4S2/c1-14(2)21(18,19)15-8-11-10(12-15)20(16,17)13-9-6-4-3-5-7-9/h3-8,13H,1-2H3. The minimum Gasteiger partial charge on any atom is -0.277 e. The molecular weight excluding hydrogens is 318 g/mol. The van der Waals surface area contributed by atoms with Crippen LogP contribution in [0, 0.1) is 0 Å². The Bertz CT molecular complexity index is 827. The normalized spacial score (nSPS) is 12.5. The van der Waals surface area contributed by atoms with Crippen LogP contribution < -0.4 is 4.72 Å². The van der Waals surface area contributed by atoms with Gasteiger partial charge in [-0.05, 0) is 12.1 Å². The van der Waals surface area contributed by atoms with Gasteiger partial charge in [-0.15, -0.1) is 9.19 Å². The lowest BCUT2D eigenvalue weighted by Gasteiger charge is -2.09. The first-order valence-corrected chi connectivity index (χ1v) is 8.54. The smallest absolute Gasteiger partial charge is 0.277 e. The number of anilines is 1. The van der Waals surface area contributed by atoms with Crippen molar-refractivity contribution in [3.05, 3.63) is 36.7 Å². The predicted octanol–water partition coefficient (Wildman–Crippen LogP) is -0.267. The zero-order valence-electron chi connectivity index (χ0n) is 11.2. The summed E-state index contributed by atoms with van der Waals surface area (Å²) in [6.07, 6.45) is 0.828. The van der Waals surface area contributed by atoms with Crippen molar-refractivity contribution in [2.75, 3.05) is 18.8 Å². The van der Waals surface area contributed by atoms with Crippen LogP contribution >= 0.6 is 0 Å². The van der Waals surface area contributed by atoms with Crippen molar-refractivity contribution < 1.29 is 16.8 Å². The molecule has 9 nitrogen and oxygen atoms in total. The van der Waals surface area contributed by atoms with E-state index in [1.165, 1.54) is 14.1 Å². The van der Waals surface area contributed by atoms with Gasteiger partial charge in [-0.1, -0.05) is 18.2 Å². The van der Waals surface area contributed by atoms with Crippen molar-refractivity contribution in [3.8, 4) is 0 Å². The van der Waals surface area contributed by atoms with Crippen LogP contribution in [0.25, 0.3) is 0 Å². The highest BCUT2D eigenvalue weighted by atomic mass is 32.2. The predicted molar refractivity (Wildman–Crippen MR) is 75.3 cm³/mol. The number of hydrogen-bond donors (Lipinski definition) is 1. The molecule has 0 fully saturated rings. The molecular formula is C10H13N5O4S2. The van der Waals surface area contributed by atoms with Gasteiger partial charge in [0.2, 0.25) is 0 Å². The molecule has 1 aromatic carbocycles. The Balaban J connectivity index is 2.33. The Morgan fingerprint density at radius 1 is 1.10 bits per heavy atom. The number of aromatic nitrogens is 3. The second-order valence-electron chi connectivity index (χ2n) is 4.16. The maximum absolute atomic E-state index is 12.1. The molecule has 1 heterocycles. The summed E-state index contributed by atoms with van der Waals surface area (Å²) in [5, 5.41) is 2.87. The molecule has 0 unspecified atom stereocenters. The van der Waals surface area contributed by atoms with Crippen LogP contribution in [0.5, 0.6) is 0 Å². The number of rotatable bonds is 5. The van der Waals surface area contributed by atoms with Crippen LogP contribution in [0.15, 0.2) is 41.8 Å². The molecule has 11 heteroatoms. The summed E-state index contributed by atoms with van der Waals surface area (Å²) in [7, 11) is -5.36. The van der Waals surface area contributed by atoms with Crippen LogP contribution in [0.1, 0.15) is 0 Å². The Morgan fingerprint density at radius 2 is 1.71 bits per heavy atom. The molecule has 0 radical (unpaired) electrons. The first kappa shape index (κ1) is 15.4. The lowest BCUT2D eigenvalue weighted by molar-refractivity contribution is 0.502. The Morgan fingerprint density at radius 3 is 2.29 bits per heavy atom. The van der Waals surface area contributed by atoms with Crippen molar-refractivity contribution >= 4 is 25.9 Å². The van der Waals surface area contributed by atoms with Gasteiger partial charge in [0.1, 0.15) is 6.33 Å². The molecule has 0 amide bonds. The maximum Gasteiger partial charge on any atom is 0.323 e. The van der Waals surface area contributed by atoms with Crippen LogP contribution in [0.3, 0.4) is 0 Å². The second-order valence-corrected chi connectivity index (χ2v) is 7.74. The highest BCUT2D eigenvalue weighted by Gasteiger charge is 2.24. The fraction of sp³-hybridized carbons (Fsp3) is 0.200. The topological polar surface area (TPSA) is 114 Å². The molecule has 0 aliphatic heterocycles. The fourth-order valence-electron chi connectivity index (χ4n) is 1.34. The van der Waals surface area contributed by atoms with E-state index in [0.717, 1.165) is 10.6 Å². The Kier molecular flexibility index (Phi) is 3.98. The minimum atomic E-state index is -4.05. The van der Waals surface area contributed by atoms with E-state index in [1.807, 2.05) is 0 Å². The molecule has 1 N–H and O–H groups in total. The van der Waals surface area contributed by atoms with Gasteiger partial charge in [-0.2, -0.15) is 21.1 Å². The molecule has 1 aromatic heterocycles. The number of nitrogens with one attached hydrogen (secondary N) is 1. The van der Waals surface area contributed by atoms with E-state index in [1.54, 1.807) is 30.3 Å². The van der Waals surface area contributed by atoms with Crippen molar-refractivity contribution in [2.24, 2.45) is 0 Å². The van der Waals surface area contributed by atoms with Crippen LogP contribution in [0.2, 0.25) is 0 Å². The fourth-order valence-corrected chi connectivity index (χ4v) is 3.00. The summed E-state index contributed by atoms with van der Waals surface area (Å²) in [6, 6.07) is 8.13. The summed E-state index contributed by atoms with van der Waals surface area (Å²) < 4.78 is 51.3. The molecule has 0 spiro atoms. The SMILES string of the molecule is CN(C)S(=O)(=O)n1cnc(S(=O)(=O)Nc2ccccc2)n1. The van der Waals surface area contributed by atoms with E-state index in [9.17, 15) is 16.8 Å². The molecule has 21 heavy (non-hydrogen) atoms. The molecule has 2 aromatic rings. The van der Waals surface area contributed by atoms with Gasteiger partial charge in [0, 0.05) is 19.8 Å². The maximum atomic E-state index is 12.1. The van der Waals surface area contributed by atoms with E-state index in [-0.39, 0.29) is 0 Å². The van der Waals surface area contributed by atoms with Crippen LogP contribution in [-0.4, -0.2) is 49.4 Å². The lowest BCUT2D eigenvalue weighted by Crippen LogP contribution is -2.29. The third-order valence-electron chi connectivity index (χ3n) is 2.42. The number of hydrogen-bond acceptors (Lipinski definition) is 6. The molecule has 0 saturated heterocycles.